The van der Waals surface area contributed by atoms with Crippen molar-refractivity contribution in [3.63, 3.8) is 0 Å². The molecule has 0 amide bonds. The minimum atomic E-state index is -3.58. The summed E-state index contributed by atoms with van der Waals surface area (Å²) < 4.78 is 33.1. The zero-order valence-electron chi connectivity index (χ0n) is 14.2. The Morgan fingerprint density at radius 2 is 2.08 bits per heavy atom. The van der Waals surface area contributed by atoms with Gasteiger partial charge in [-0.15, -0.1) is 22.7 Å². The summed E-state index contributed by atoms with van der Waals surface area (Å²) >= 11 is 2.77. The topological polar surface area (TPSA) is 85.1 Å². The highest BCUT2D eigenvalue weighted by Gasteiger charge is 2.20. The third kappa shape index (κ3) is 4.00. The number of hydrogen-bond donors (Lipinski definition) is 1. The molecule has 9 heteroatoms. The molecule has 0 spiro atoms. The van der Waals surface area contributed by atoms with Gasteiger partial charge in [0.1, 0.15) is 9.97 Å². The van der Waals surface area contributed by atoms with E-state index in [1.165, 1.54) is 11.3 Å². The van der Waals surface area contributed by atoms with Crippen molar-refractivity contribution in [2.24, 2.45) is 0 Å². The average molecular weight is 398 g/mol. The van der Waals surface area contributed by atoms with Gasteiger partial charge in [0.25, 0.3) is 0 Å². The van der Waals surface area contributed by atoms with Gasteiger partial charge in [-0.25, -0.2) is 18.1 Å². The fourth-order valence-corrected chi connectivity index (χ4v) is 5.83. The van der Waals surface area contributed by atoms with Crippen molar-refractivity contribution in [3.8, 4) is 10.4 Å². The van der Waals surface area contributed by atoms with Gasteiger partial charge in [0.15, 0.2) is 0 Å². The fraction of sp³-hybridized carbons (Fsp3) is 0.375. The van der Waals surface area contributed by atoms with Crippen molar-refractivity contribution in [1.29, 1.82) is 0 Å². The van der Waals surface area contributed by atoms with Gasteiger partial charge >= 0.3 is 0 Å². The number of hydrogen-bond acceptors (Lipinski definition) is 7. The van der Waals surface area contributed by atoms with Gasteiger partial charge in [-0.3, -0.25) is 0 Å². The summed E-state index contributed by atoms with van der Waals surface area (Å²) in [5, 5.41) is 6.85. The van der Waals surface area contributed by atoms with Crippen LogP contribution < -0.4 is 4.72 Å². The maximum Gasteiger partial charge on any atom is 0.250 e. The van der Waals surface area contributed by atoms with Crippen molar-refractivity contribution in [1.82, 2.24) is 14.9 Å². The molecule has 0 aromatic carbocycles. The second kappa shape index (κ2) is 7.36. The number of sulfonamides is 1. The van der Waals surface area contributed by atoms with Crippen LogP contribution in [0.25, 0.3) is 10.4 Å². The van der Waals surface area contributed by atoms with Gasteiger partial charge in [0, 0.05) is 10.3 Å². The monoisotopic (exact) mass is 397 g/mol. The molecule has 0 saturated carbocycles. The first kappa shape index (κ1) is 18.2. The van der Waals surface area contributed by atoms with Crippen molar-refractivity contribution in [2.45, 2.75) is 44.4 Å². The van der Waals surface area contributed by atoms with E-state index in [0.29, 0.717) is 5.76 Å². The van der Waals surface area contributed by atoms with Crippen molar-refractivity contribution >= 4 is 32.7 Å². The predicted octanol–water partition coefficient (Wildman–Crippen LogP) is 3.91. The molecule has 0 saturated heterocycles. The largest absolute Gasteiger partial charge is 0.361 e. The Kier molecular flexibility index (Phi) is 5.38. The molecule has 0 fully saturated rings. The Morgan fingerprint density at radius 1 is 1.28 bits per heavy atom. The lowest BCUT2D eigenvalue weighted by atomic mass is 10.2. The molecule has 0 aliphatic carbocycles. The Labute approximate surface area is 155 Å². The van der Waals surface area contributed by atoms with Gasteiger partial charge in [-0.05, 0) is 38.8 Å². The minimum absolute atomic E-state index is 0.196. The van der Waals surface area contributed by atoms with E-state index in [1.54, 1.807) is 23.5 Å². The van der Waals surface area contributed by atoms with Crippen molar-refractivity contribution in [2.75, 3.05) is 0 Å². The van der Waals surface area contributed by atoms with Crippen LogP contribution in [-0.2, 0) is 23.0 Å². The molecule has 25 heavy (non-hydrogen) atoms. The van der Waals surface area contributed by atoms with E-state index in [-0.39, 0.29) is 10.8 Å². The smallest absolute Gasteiger partial charge is 0.250 e. The minimum Gasteiger partial charge on any atom is -0.361 e. The SMILES string of the molecule is CCCc1nc(CNS(=O)(=O)c2ccc(-c3c(C)noc3C)s2)cs1. The number of thiazole rings is 1. The molecule has 3 rings (SSSR count). The summed E-state index contributed by atoms with van der Waals surface area (Å²) in [7, 11) is -3.58. The lowest BCUT2D eigenvalue weighted by molar-refractivity contribution is 0.393. The van der Waals surface area contributed by atoms with Gasteiger partial charge in [0.05, 0.1) is 28.5 Å². The van der Waals surface area contributed by atoms with Crippen LogP contribution in [0.4, 0.5) is 0 Å². The average Bonchev–Trinajstić information content (AvgIpc) is 3.27. The van der Waals surface area contributed by atoms with Gasteiger partial charge in [-0.1, -0.05) is 12.1 Å². The number of nitrogens with one attached hydrogen (secondary N) is 1. The zero-order chi connectivity index (χ0) is 18.0. The molecule has 6 nitrogen and oxygen atoms in total. The summed E-state index contributed by atoms with van der Waals surface area (Å²) in [6.45, 7) is 5.95. The second-order valence-corrected chi connectivity index (χ2v) is 9.65. The Bertz CT molecular complexity index is 950. The number of thiophene rings is 1. The third-order valence-electron chi connectivity index (χ3n) is 3.63. The lowest BCUT2D eigenvalue weighted by Crippen LogP contribution is -2.22. The highest BCUT2D eigenvalue weighted by Crippen LogP contribution is 2.34. The molecule has 3 heterocycles. The van der Waals surface area contributed by atoms with Crippen molar-refractivity contribution in [3.05, 3.63) is 39.7 Å². The van der Waals surface area contributed by atoms with Crippen LogP contribution in [0.15, 0.2) is 26.2 Å². The maximum atomic E-state index is 12.5. The summed E-state index contributed by atoms with van der Waals surface area (Å²) in [4.78, 5) is 5.27. The first-order valence-electron chi connectivity index (χ1n) is 7.86. The maximum absolute atomic E-state index is 12.5. The molecule has 0 radical (unpaired) electrons. The van der Waals surface area contributed by atoms with Crippen LogP contribution in [0.2, 0.25) is 0 Å². The third-order valence-corrected chi connectivity index (χ3v) is 7.59. The number of rotatable bonds is 7. The Balaban J connectivity index is 1.74. The summed E-state index contributed by atoms with van der Waals surface area (Å²) in [6.07, 6.45) is 1.95. The van der Waals surface area contributed by atoms with Gasteiger partial charge < -0.3 is 4.52 Å². The van der Waals surface area contributed by atoms with Crippen LogP contribution in [-0.4, -0.2) is 18.6 Å². The highest BCUT2D eigenvalue weighted by atomic mass is 32.2. The molecule has 134 valence electrons. The Hall–Kier alpha value is -1.55. The quantitative estimate of drug-likeness (QED) is 0.653. The van der Waals surface area contributed by atoms with Crippen LogP contribution in [0.5, 0.6) is 0 Å². The first-order valence-corrected chi connectivity index (χ1v) is 11.0. The number of aryl methyl sites for hydroxylation is 3. The molecule has 3 aromatic rings. The van der Waals surface area contributed by atoms with E-state index in [4.69, 9.17) is 4.52 Å². The molecule has 0 bridgehead atoms. The Morgan fingerprint density at radius 3 is 2.76 bits per heavy atom. The molecular formula is C16H19N3O3S3. The van der Waals surface area contributed by atoms with E-state index in [1.807, 2.05) is 19.2 Å². The predicted molar refractivity (Wildman–Crippen MR) is 99.4 cm³/mol. The molecule has 3 aromatic heterocycles. The fourth-order valence-electron chi connectivity index (χ4n) is 2.43. The standard InChI is InChI=1S/C16H19N3O3S3/c1-4-5-14-18-12(9-23-14)8-17-25(20,21)15-7-6-13(24-15)16-10(2)19-22-11(16)3/h6-7,9,17H,4-5,8H2,1-3H3. The van der Waals surface area contributed by atoms with Crippen LogP contribution in [0, 0.1) is 13.8 Å². The van der Waals surface area contributed by atoms with E-state index in [0.717, 1.165) is 39.7 Å². The van der Waals surface area contributed by atoms with E-state index in [2.05, 4.69) is 21.8 Å². The summed E-state index contributed by atoms with van der Waals surface area (Å²) in [5.74, 6) is 0.683. The van der Waals surface area contributed by atoms with E-state index in [9.17, 15) is 8.42 Å². The summed E-state index contributed by atoms with van der Waals surface area (Å²) in [5.41, 5.74) is 2.36. The zero-order valence-corrected chi connectivity index (χ0v) is 16.6. The molecule has 1 N–H and O–H groups in total. The number of nitrogens with zero attached hydrogens (tertiary/aromatic N) is 2. The first-order chi connectivity index (χ1) is 11.9. The molecule has 0 unspecified atom stereocenters. The summed E-state index contributed by atoms with van der Waals surface area (Å²) in [6, 6.07) is 3.39. The normalized spacial score (nSPS) is 12.0. The highest BCUT2D eigenvalue weighted by molar-refractivity contribution is 7.91. The number of aromatic nitrogens is 2. The molecular weight excluding hydrogens is 378 g/mol. The van der Waals surface area contributed by atoms with Crippen LogP contribution in [0.1, 0.15) is 35.5 Å². The molecule has 0 aliphatic rings. The van der Waals surface area contributed by atoms with Crippen LogP contribution >= 0.6 is 22.7 Å². The molecule has 0 atom stereocenters. The van der Waals surface area contributed by atoms with E-state index < -0.39 is 10.0 Å². The van der Waals surface area contributed by atoms with Gasteiger partial charge in [-0.2, -0.15) is 0 Å². The molecule has 0 aliphatic heterocycles. The van der Waals surface area contributed by atoms with E-state index >= 15 is 0 Å². The van der Waals surface area contributed by atoms with Gasteiger partial charge in [0.2, 0.25) is 10.0 Å². The lowest BCUT2D eigenvalue weighted by Gasteiger charge is -2.02. The van der Waals surface area contributed by atoms with Crippen molar-refractivity contribution < 1.29 is 12.9 Å². The second-order valence-electron chi connectivity index (χ2n) is 5.62. The van der Waals surface area contributed by atoms with Crippen LogP contribution in [0.3, 0.4) is 0 Å².